The Morgan fingerprint density at radius 3 is 2.88 bits per heavy atom. The second-order valence-electron chi connectivity index (χ2n) is 5.11. The smallest absolute Gasteiger partial charge is 0.454 e. The first-order valence-electron chi connectivity index (χ1n) is 7.03. The molecule has 0 spiro atoms. The highest BCUT2D eigenvalue weighted by atomic mass is 16.7. The molecular formula is C16H11NO7. The molecule has 1 aromatic heterocycles. The number of oxazole rings is 1. The Kier molecular flexibility index (Phi) is 3.16. The molecule has 2 heterocycles. The lowest BCUT2D eigenvalue weighted by Gasteiger charge is -2.07. The number of rotatable bonds is 3. The van der Waals surface area contributed by atoms with Crippen LogP contribution in [0.1, 0.15) is 5.56 Å². The lowest BCUT2D eigenvalue weighted by Crippen LogP contribution is -2.15. The molecular weight excluding hydrogens is 318 g/mol. The van der Waals surface area contributed by atoms with Crippen molar-refractivity contribution in [2.45, 2.75) is 6.54 Å². The van der Waals surface area contributed by atoms with Crippen LogP contribution in [0.3, 0.4) is 0 Å². The molecule has 2 aromatic carbocycles. The molecule has 0 atom stereocenters. The van der Waals surface area contributed by atoms with Crippen molar-refractivity contribution in [2.24, 2.45) is 0 Å². The predicted octanol–water partition coefficient (Wildman–Crippen LogP) is 2.43. The molecule has 0 amide bonds. The molecule has 4 rings (SSSR count). The van der Waals surface area contributed by atoms with Gasteiger partial charge in [0.15, 0.2) is 22.8 Å². The third kappa shape index (κ3) is 2.34. The second-order valence-corrected chi connectivity index (χ2v) is 5.11. The summed E-state index contributed by atoms with van der Waals surface area (Å²) < 4.78 is 21.8. The number of carbonyl (C=O) groups is 1. The van der Waals surface area contributed by atoms with Crippen LogP contribution >= 0.6 is 0 Å². The topological polar surface area (TPSA) is 100 Å². The summed E-state index contributed by atoms with van der Waals surface area (Å²) >= 11 is 0. The molecule has 1 aliphatic rings. The zero-order valence-corrected chi connectivity index (χ0v) is 12.2. The first-order chi connectivity index (χ1) is 11.6. The fraction of sp³-hybridized carbons (Fsp3) is 0.125. The van der Waals surface area contributed by atoms with Gasteiger partial charge in [-0.3, -0.25) is 4.57 Å². The normalized spacial score (nSPS) is 12.5. The fourth-order valence-corrected chi connectivity index (χ4v) is 2.63. The SMILES string of the molecule is O=C(O)Oc1cccc2oc(=O)n(Cc3ccc4c(c3)OCO4)c12. The van der Waals surface area contributed by atoms with Gasteiger partial charge in [0.1, 0.15) is 5.52 Å². The summed E-state index contributed by atoms with van der Waals surface area (Å²) in [5.41, 5.74) is 1.30. The molecule has 0 fully saturated rings. The molecule has 24 heavy (non-hydrogen) atoms. The van der Waals surface area contributed by atoms with E-state index in [1.54, 1.807) is 30.3 Å². The number of aromatic nitrogens is 1. The molecule has 0 saturated heterocycles. The number of nitrogens with zero attached hydrogens (tertiary/aromatic N) is 1. The van der Waals surface area contributed by atoms with Gasteiger partial charge in [0, 0.05) is 0 Å². The van der Waals surface area contributed by atoms with Gasteiger partial charge in [-0.1, -0.05) is 12.1 Å². The van der Waals surface area contributed by atoms with Gasteiger partial charge in [0.2, 0.25) is 6.79 Å². The van der Waals surface area contributed by atoms with Gasteiger partial charge < -0.3 is 23.7 Å². The van der Waals surface area contributed by atoms with Gasteiger partial charge in [0.05, 0.1) is 6.54 Å². The molecule has 0 bridgehead atoms. The maximum absolute atomic E-state index is 12.2. The third-order valence-corrected chi connectivity index (χ3v) is 3.62. The van der Waals surface area contributed by atoms with E-state index >= 15 is 0 Å². The average molecular weight is 329 g/mol. The fourth-order valence-electron chi connectivity index (χ4n) is 2.63. The number of benzene rings is 2. The van der Waals surface area contributed by atoms with Crippen molar-refractivity contribution in [1.29, 1.82) is 0 Å². The van der Waals surface area contributed by atoms with Crippen LogP contribution in [-0.2, 0) is 6.54 Å². The van der Waals surface area contributed by atoms with Crippen molar-refractivity contribution in [2.75, 3.05) is 6.79 Å². The van der Waals surface area contributed by atoms with Crippen LogP contribution in [0.2, 0.25) is 0 Å². The Hall–Kier alpha value is -3.42. The van der Waals surface area contributed by atoms with Gasteiger partial charge >= 0.3 is 11.9 Å². The molecule has 0 saturated carbocycles. The molecule has 8 heteroatoms. The van der Waals surface area contributed by atoms with Crippen LogP contribution in [0.5, 0.6) is 17.2 Å². The van der Waals surface area contributed by atoms with Crippen LogP contribution in [0.15, 0.2) is 45.6 Å². The molecule has 0 aliphatic carbocycles. The maximum Gasteiger partial charge on any atom is 0.511 e. The molecule has 0 unspecified atom stereocenters. The first kappa shape index (κ1) is 14.2. The Labute approximate surface area is 134 Å². The first-order valence-corrected chi connectivity index (χ1v) is 7.03. The quantitative estimate of drug-likeness (QED) is 0.582. The van der Waals surface area contributed by atoms with Crippen molar-refractivity contribution in [3.8, 4) is 17.2 Å². The van der Waals surface area contributed by atoms with E-state index in [2.05, 4.69) is 0 Å². The Morgan fingerprint density at radius 2 is 2.04 bits per heavy atom. The third-order valence-electron chi connectivity index (χ3n) is 3.62. The summed E-state index contributed by atoms with van der Waals surface area (Å²) in [6.45, 7) is 0.326. The van der Waals surface area contributed by atoms with Crippen LogP contribution in [0.4, 0.5) is 4.79 Å². The van der Waals surface area contributed by atoms with E-state index in [0.29, 0.717) is 11.5 Å². The van der Waals surface area contributed by atoms with E-state index in [1.807, 2.05) is 0 Å². The number of hydrogen-bond acceptors (Lipinski definition) is 6. The highest BCUT2D eigenvalue weighted by molar-refractivity contribution is 5.82. The zero-order valence-electron chi connectivity index (χ0n) is 12.2. The summed E-state index contributed by atoms with van der Waals surface area (Å²) in [5, 5.41) is 8.85. The molecule has 8 nitrogen and oxygen atoms in total. The molecule has 3 aromatic rings. The number of ether oxygens (including phenoxy) is 3. The predicted molar refractivity (Wildman–Crippen MR) is 80.8 cm³/mol. The van der Waals surface area contributed by atoms with E-state index in [9.17, 15) is 9.59 Å². The van der Waals surface area contributed by atoms with E-state index < -0.39 is 11.9 Å². The van der Waals surface area contributed by atoms with Gasteiger partial charge in [-0.05, 0) is 29.8 Å². The summed E-state index contributed by atoms with van der Waals surface area (Å²) in [5.74, 6) is 0.657. The minimum atomic E-state index is -1.47. The lowest BCUT2D eigenvalue weighted by atomic mass is 10.2. The van der Waals surface area contributed by atoms with Gasteiger partial charge in [-0.25, -0.2) is 9.59 Å². The lowest BCUT2D eigenvalue weighted by molar-refractivity contribution is 0.145. The number of carboxylic acid groups (broad SMARTS) is 1. The standard InChI is InChI=1S/C16H11NO7/c18-15-17(7-9-4-5-10-13(6-9)22-8-21-10)14-11(23-15)2-1-3-12(14)24-16(19)20/h1-6H,7-8H2,(H,19,20). The summed E-state index contributed by atoms with van der Waals surface area (Å²) in [7, 11) is 0. The Bertz CT molecular complexity index is 1000. The average Bonchev–Trinajstić information content (AvgIpc) is 3.12. The largest absolute Gasteiger partial charge is 0.511 e. The highest BCUT2D eigenvalue weighted by Gasteiger charge is 2.18. The number of fused-ring (bicyclic) bond motifs is 2. The number of hydrogen-bond donors (Lipinski definition) is 1. The molecule has 0 radical (unpaired) electrons. The van der Waals surface area contributed by atoms with Crippen molar-refractivity contribution < 1.29 is 28.5 Å². The maximum atomic E-state index is 12.2. The van der Waals surface area contributed by atoms with E-state index in [-0.39, 0.29) is 30.2 Å². The van der Waals surface area contributed by atoms with Crippen molar-refractivity contribution >= 4 is 17.3 Å². The van der Waals surface area contributed by atoms with Gasteiger partial charge in [0.25, 0.3) is 0 Å². The number of para-hydroxylation sites is 1. The zero-order chi connectivity index (χ0) is 16.7. The van der Waals surface area contributed by atoms with Crippen LogP contribution < -0.4 is 20.0 Å². The Balaban J connectivity index is 1.80. The second kappa shape index (κ2) is 5.34. The van der Waals surface area contributed by atoms with E-state index in [0.717, 1.165) is 5.56 Å². The van der Waals surface area contributed by atoms with E-state index in [1.165, 1.54) is 10.6 Å². The summed E-state index contributed by atoms with van der Waals surface area (Å²) in [6.07, 6.45) is -1.47. The van der Waals surface area contributed by atoms with Gasteiger partial charge in [-0.15, -0.1) is 0 Å². The van der Waals surface area contributed by atoms with Crippen molar-refractivity contribution in [3.63, 3.8) is 0 Å². The highest BCUT2D eigenvalue weighted by Crippen LogP contribution is 2.33. The molecule has 122 valence electrons. The Morgan fingerprint density at radius 1 is 1.21 bits per heavy atom. The summed E-state index contributed by atoms with van der Waals surface area (Å²) in [4.78, 5) is 23.0. The molecule has 1 N–H and O–H groups in total. The monoisotopic (exact) mass is 329 g/mol. The van der Waals surface area contributed by atoms with Crippen molar-refractivity contribution in [3.05, 3.63) is 52.5 Å². The van der Waals surface area contributed by atoms with Crippen LogP contribution in [-0.4, -0.2) is 22.6 Å². The van der Waals surface area contributed by atoms with Crippen LogP contribution in [0.25, 0.3) is 11.1 Å². The minimum Gasteiger partial charge on any atom is -0.454 e. The molecule has 1 aliphatic heterocycles. The van der Waals surface area contributed by atoms with Crippen LogP contribution in [0, 0.1) is 0 Å². The minimum absolute atomic E-state index is 0.0339. The van der Waals surface area contributed by atoms with Gasteiger partial charge in [-0.2, -0.15) is 0 Å². The van der Waals surface area contributed by atoms with Crippen molar-refractivity contribution in [1.82, 2.24) is 4.57 Å². The van der Waals surface area contributed by atoms with E-state index in [4.69, 9.17) is 23.7 Å². The summed E-state index contributed by atoms with van der Waals surface area (Å²) in [6, 6.07) is 9.88.